The van der Waals surface area contributed by atoms with Gasteiger partial charge in [0.25, 0.3) is 0 Å². The van der Waals surface area contributed by atoms with Crippen LogP contribution in [0.1, 0.15) is 0 Å². The third-order valence-corrected chi connectivity index (χ3v) is 2.95. The Bertz CT molecular complexity index is 563. The van der Waals surface area contributed by atoms with Gasteiger partial charge >= 0.3 is 5.97 Å². The van der Waals surface area contributed by atoms with E-state index in [1.165, 1.54) is 7.11 Å². The minimum Gasteiger partial charge on any atom is -0.481 e. The topological polar surface area (TPSA) is 52.5 Å². The van der Waals surface area contributed by atoms with Gasteiger partial charge in [0.15, 0.2) is 6.61 Å². The van der Waals surface area contributed by atoms with Crippen molar-refractivity contribution in [1.29, 1.82) is 0 Å². The zero-order chi connectivity index (χ0) is 13.7. The summed E-state index contributed by atoms with van der Waals surface area (Å²) in [6, 6.07) is 7.81. The molecular formula is C14H18N2O3. The first kappa shape index (κ1) is 13.4. The molecule has 1 aromatic carbocycles. The number of methoxy groups -OCH3 is 1. The number of esters is 1. The molecule has 0 radical (unpaired) electrons. The Morgan fingerprint density at radius 3 is 2.95 bits per heavy atom. The van der Waals surface area contributed by atoms with Gasteiger partial charge in [0.2, 0.25) is 0 Å². The summed E-state index contributed by atoms with van der Waals surface area (Å²) in [6.45, 7) is 1.72. The number of nitrogens with zero attached hydrogens (tertiary/aromatic N) is 1. The molecule has 0 bridgehead atoms. The van der Waals surface area contributed by atoms with Crippen molar-refractivity contribution in [3.8, 4) is 5.75 Å². The van der Waals surface area contributed by atoms with E-state index in [0.717, 1.165) is 24.0 Å². The molecule has 0 aliphatic rings. The van der Waals surface area contributed by atoms with E-state index in [1.54, 1.807) is 0 Å². The first-order valence-electron chi connectivity index (χ1n) is 6.18. The lowest BCUT2D eigenvalue weighted by Crippen LogP contribution is -2.14. The lowest BCUT2D eigenvalue weighted by molar-refractivity contribution is -0.142. The summed E-state index contributed by atoms with van der Waals surface area (Å²) in [5, 5.41) is 4.12. The molecule has 19 heavy (non-hydrogen) atoms. The molecule has 1 heterocycles. The van der Waals surface area contributed by atoms with Crippen LogP contribution in [0.15, 0.2) is 30.5 Å². The fourth-order valence-corrected chi connectivity index (χ4v) is 1.94. The molecule has 0 saturated heterocycles. The van der Waals surface area contributed by atoms with Crippen LogP contribution in [0.25, 0.3) is 10.9 Å². The highest BCUT2D eigenvalue weighted by Gasteiger charge is 2.08. The zero-order valence-corrected chi connectivity index (χ0v) is 11.2. The zero-order valence-electron chi connectivity index (χ0n) is 11.2. The Balaban J connectivity index is 2.21. The number of hydrogen-bond acceptors (Lipinski definition) is 4. The fourth-order valence-electron chi connectivity index (χ4n) is 1.94. The maximum atomic E-state index is 11.1. The predicted molar refractivity (Wildman–Crippen MR) is 73.4 cm³/mol. The number of rotatable bonds is 6. The predicted octanol–water partition coefficient (Wildman–Crippen LogP) is 1.41. The number of carbonyl (C=O) groups is 1. The van der Waals surface area contributed by atoms with E-state index in [0.29, 0.717) is 5.75 Å². The second kappa shape index (κ2) is 6.24. The van der Waals surface area contributed by atoms with Crippen LogP contribution in [-0.2, 0) is 16.1 Å². The van der Waals surface area contributed by atoms with Gasteiger partial charge in [-0.2, -0.15) is 0 Å². The molecule has 0 aliphatic carbocycles. The van der Waals surface area contributed by atoms with Crippen molar-refractivity contribution in [3.63, 3.8) is 0 Å². The highest BCUT2D eigenvalue weighted by atomic mass is 16.6. The fraction of sp³-hybridized carbons (Fsp3) is 0.357. The van der Waals surface area contributed by atoms with Crippen molar-refractivity contribution in [2.75, 3.05) is 27.3 Å². The van der Waals surface area contributed by atoms with Crippen LogP contribution in [0, 0.1) is 0 Å². The van der Waals surface area contributed by atoms with Crippen LogP contribution in [0.3, 0.4) is 0 Å². The number of carbonyl (C=O) groups excluding carboxylic acids is 1. The average Bonchev–Trinajstić information content (AvgIpc) is 2.86. The van der Waals surface area contributed by atoms with E-state index in [4.69, 9.17) is 4.74 Å². The SMILES string of the molecule is CNCCn1ccc2c(OCC(=O)OC)cccc21. The van der Waals surface area contributed by atoms with Crippen LogP contribution in [0.4, 0.5) is 0 Å². The van der Waals surface area contributed by atoms with Crippen LogP contribution < -0.4 is 10.1 Å². The number of nitrogens with one attached hydrogen (secondary N) is 1. The van der Waals surface area contributed by atoms with Gasteiger partial charge < -0.3 is 19.4 Å². The molecule has 0 spiro atoms. The number of likely N-dealkylation sites (N-methyl/N-ethyl adjacent to an activating group) is 1. The van der Waals surface area contributed by atoms with E-state index >= 15 is 0 Å². The summed E-state index contributed by atoms with van der Waals surface area (Å²) in [7, 11) is 3.27. The minimum absolute atomic E-state index is 0.0721. The lowest BCUT2D eigenvalue weighted by Gasteiger charge is -2.08. The maximum absolute atomic E-state index is 11.1. The van der Waals surface area contributed by atoms with E-state index < -0.39 is 0 Å². The van der Waals surface area contributed by atoms with E-state index in [-0.39, 0.29) is 12.6 Å². The van der Waals surface area contributed by atoms with Crippen molar-refractivity contribution in [1.82, 2.24) is 9.88 Å². The van der Waals surface area contributed by atoms with Crippen molar-refractivity contribution in [2.24, 2.45) is 0 Å². The lowest BCUT2D eigenvalue weighted by atomic mass is 10.2. The van der Waals surface area contributed by atoms with Gasteiger partial charge in [-0.3, -0.25) is 0 Å². The third kappa shape index (κ3) is 3.06. The Morgan fingerprint density at radius 1 is 1.37 bits per heavy atom. The van der Waals surface area contributed by atoms with E-state index in [9.17, 15) is 4.79 Å². The molecule has 0 saturated carbocycles. The number of aromatic nitrogens is 1. The molecule has 2 rings (SSSR count). The van der Waals surface area contributed by atoms with Crippen molar-refractivity contribution in [3.05, 3.63) is 30.5 Å². The highest BCUT2D eigenvalue weighted by molar-refractivity contribution is 5.86. The van der Waals surface area contributed by atoms with Gasteiger partial charge in [0.1, 0.15) is 5.75 Å². The molecule has 5 nitrogen and oxygen atoms in total. The van der Waals surface area contributed by atoms with Crippen molar-refractivity contribution >= 4 is 16.9 Å². The van der Waals surface area contributed by atoms with Gasteiger partial charge in [-0.1, -0.05) is 6.07 Å². The Hall–Kier alpha value is -2.01. The molecule has 0 atom stereocenters. The van der Waals surface area contributed by atoms with Gasteiger partial charge in [-0.15, -0.1) is 0 Å². The normalized spacial score (nSPS) is 10.6. The number of hydrogen-bond donors (Lipinski definition) is 1. The van der Waals surface area contributed by atoms with Gasteiger partial charge in [0.05, 0.1) is 12.6 Å². The Kier molecular flexibility index (Phi) is 4.41. The summed E-state index contributed by atoms with van der Waals surface area (Å²) < 4.78 is 12.2. The molecule has 0 unspecified atom stereocenters. The van der Waals surface area contributed by atoms with Crippen LogP contribution in [-0.4, -0.2) is 37.8 Å². The maximum Gasteiger partial charge on any atom is 0.343 e. The van der Waals surface area contributed by atoms with Crippen LogP contribution >= 0.6 is 0 Å². The summed E-state index contributed by atoms with van der Waals surface area (Å²) in [6.07, 6.45) is 2.02. The van der Waals surface area contributed by atoms with Gasteiger partial charge in [-0.25, -0.2) is 4.79 Å². The monoisotopic (exact) mass is 262 g/mol. The average molecular weight is 262 g/mol. The molecule has 1 N–H and O–H groups in total. The van der Waals surface area contributed by atoms with Crippen molar-refractivity contribution < 1.29 is 14.3 Å². The first-order valence-corrected chi connectivity index (χ1v) is 6.18. The van der Waals surface area contributed by atoms with Crippen LogP contribution in [0.5, 0.6) is 5.75 Å². The summed E-state index contributed by atoms with van der Waals surface area (Å²) >= 11 is 0. The van der Waals surface area contributed by atoms with E-state index in [2.05, 4.69) is 14.6 Å². The molecule has 1 aromatic heterocycles. The summed E-state index contributed by atoms with van der Waals surface area (Å²) in [5.74, 6) is 0.317. The quantitative estimate of drug-likeness (QED) is 0.800. The third-order valence-electron chi connectivity index (χ3n) is 2.95. The number of benzene rings is 1. The Morgan fingerprint density at radius 2 is 2.21 bits per heavy atom. The minimum atomic E-state index is -0.383. The molecule has 102 valence electrons. The highest BCUT2D eigenvalue weighted by Crippen LogP contribution is 2.26. The smallest absolute Gasteiger partial charge is 0.343 e. The summed E-state index contributed by atoms with van der Waals surface area (Å²) in [4.78, 5) is 11.1. The van der Waals surface area contributed by atoms with Crippen molar-refractivity contribution in [2.45, 2.75) is 6.54 Å². The van der Waals surface area contributed by atoms with Crippen LogP contribution in [0.2, 0.25) is 0 Å². The standard InChI is InChI=1S/C14H18N2O3/c1-15-7-9-16-8-6-11-12(16)4-3-5-13(11)19-10-14(17)18-2/h3-6,8,15H,7,9-10H2,1-2H3. The second-order valence-corrected chi connectivity index (χ2v) is 4.17. The first-order chi connectivity index (χ1) is 9.26. The molecule has 0 fully saturated rings. The largest absolute Gasteiger partial charge is 0.481 e. The molecule has 0 aliphatic heterocycles. The van der Waals surface area contributed by atoms with E-state index in [1.807, 2.05) is 37.5 Å². The second-order valence-electron chi connectivity index (χ2n) is 4.17. The number of fused-ring (bicyclic) bond motifs is 1. The Labute approximate surface area is 112 Å². The molecule has 2 aromatic rings. The molecule has 0 amide bonds. The summed E-state index contributed by atoms with van der Waals surface area (Å²) in [5.41, 5.74) is 1.10. The van der Waals surface area contributed by atoms with Gasteiger partial charge in [-0.05, 0) is 25.2 Å². The molecular weight excluding hydrogens is 244 g/mol. The molecule has 5 heteroatoms. The number of ether oxygens (including phenoxy) is 2. The van der Waals surface area contributed by atoms with Gasteiger partial charge in [0, 0.05) is 24.7 Å².